The molecule has 0 amide bonds. The topological polar surface area (TPSA) is 15.8 Å². The minimum Gasteiger partial charge on any atom is -0.367 e. The average molecular weight is 153 g/mol. The standard InChI is InChI=1S/C8H11NS/c1-3-7-5-9-4-6(2)8(7)10/h4-5H,3H2,1-2H3,(H,9,10). The fourth-order valence-electron chi connectivity index (χ4n) is 0.914. The molecule has 1 rings (SSSR count). The molecule has 0 fully saturated rings. The molecular weight excluding hydrogens is 142 g/mol. The van der Waals surface area contributed by atoms with Crippen molar-refractivity contribution in [2.45, 2.75) is 20.3 Å². The molecule has 0 radical (unpaired) electrons. The zero-order valence-electron chi connectivity index (χ0n) is 6.27. The molecule has 0 spiro atoms. The number of aromatic nitrogens is 1. The van der Waals surface area contributed by atoms with Crippen LogP contribution in [0.25, 0.3) is 0 Å². The van der Waals surface area contributed by atoms with Gasteiger partial charge in [0.2, 0.25) is 0 Å². The van der Waals surface area contributed by atoms with Gasteiger partial charge in [0.05, 0.1) is 0 Å². The molecule has 0 atom stereocenters. The minimum absolute atomic E-state index is 1.00. The summed E-state index contributed by atoms with van der Waals surface area (Å²) in [5, 5.41) is 0. The maximum atomic E-state index is 5.17. The highest BCUT2D eigenvalue weighted by atomic mass is 32.1. The van der Waals surface area contributed by atoms with E-state index in [0.29, 0.717) is 0 Å². The Morgan fingerprint density at radius 2 is 2.20 bits per heavy atom. The summed E-state index contributed by atoms with van der Waals surface area (Å²) in [6.07, 6.45) is 4.91. The summed E-state index contributed by atoms with van der Waals surface area (Å²) in [5.41, 5.74) is 2.39. The van der Waals surface area contributed by atoms with Crippen LogP contribution in [0.15, 0.2) is 12.4 Å². The number of pyridine rings is 1. The van der Waals surface area contributed by atoms with E-state index in [4.69, 9.17) is 12.2 Å². The molecule has 1 heterocycles. The molecule has 0 saturated carbocycles. The summed E-state index contributed by atoms with van der Waals surface area (Å²) in [6, 6.07) is 0. The van der Waals surface area contributed by atoms with Crippen molar-refractivity contribution >= 4 is 12.2 Å². The Morgan fingerprint density at radius 1 is 1.50 bits per heavy atom. The van der Waals surface area contributed by atoms with E-state index in [-0.39, 0.29) is 0 Å². The highest BCUT2D eigenvalue weighted by Crippen LogP contribution is 2.05. The summed E-state index contributed by atoms with van der Waals surface area (Å²) in [7, 11) is 0. The van der Waals surface area contributed by atoms with Gasteiger partial charge in [-0.05, 0) is 24.5 Å². The molecule has 0 aliphatic heterocycles. The number of rotatable bonds is 1. The highest BCUT2D eigenvalue weighted by Gasteiger charge is 1.92. The third-order valence-corrected chi connectivity index (χ3v) is 2.17. The van der Waals surface area contributed by atoms with Crippen LogP contribution in [0.1, 0.15) is 18.1 Å². The molecule has 1 aromatic heterocycles. The Labute approximate surface area is 66.1 Å². The largest absolute Gasteiger partial charge is 0.367 e. The van der Waals surface area contributed by atoms with Gasteiger partial charge < -0.3 is 4.98 Å². The third kappa shape index (κ3) is 1.27. The lowest BCUT2D eigenvalue weighted by molar-refractivity contribution is 1.08. The second-order valence-corrected chi connectivity index (χ2v) is 2.75. The molecule has 2 heteroatoms. The first-order valence-electron chi connectivity index (χ1n) is 3.42. The van der Waals surface area contributed by atoms with Gasteiger partial charge >= 0.3 is 0 Å². The number of aromatic amines is 1. The fourth-order valence-corrected chi connectivity index (χ4v) is 1.18. The van der Waals surface area contributed by atoms with Gasteiger partial charge in [-0.3, -0.25) is 0 Å². The van der Waals surface area contributed by atoms with E-state index in [1.165, 1.54) is 5.56 Å². The maximum absolute atomic E-state index is 5.17. The Balaban J connectivity index is 3.28. The van der Waals surface area contributed by atoms with E-state index in [1.54, 1.807) is 0 Å². The second-order valence-electron chi connectivity index (χ2n) is 2.35. The van der Waals surface area contributed by atoms with Crippen LogP contribution in [-0.2, 0) is 6.42 Å². The van der Waals surface area contributed by atoms with Crippen LogP contribution in [0.3, 0.4) is 0 Å². The molecule has 0 aliphatic rings. The minimum atomic E-state index is 1.00. The van der Waals surface area contributed by atoms with E-state index in [0.717, 1.165) is 16.5 Å². The Kier molecular flexibility index (Phi) is 2.22. The van der Waals surface area contributed by atoms with Crippen molar-refractivity contribution < 1.29 is 0 Å². The zero-order valence-corrected chi connectivity index (χ0v) is 7.09. The number of aryl methyl sites for hydroxylation is 2. The highest BCUT2D eigenvalue weighted by molar-refractivity contribution is 7.71. The second kappa shape index (κ2) is 2.97. The summed E-state index contributed by atoms with van der Waals surface area (Å²) in [4.78, 5) is 3.05. The molecule has 0 unspecified atom stereocenters. The normalized spacial score (nSPS) is 9.80. The third-order valence-electron chi connectivity index (χ3n) is 1.59. The number of H-pyrrole nitrogens is 1. The molecular formula is C8H11NS. The lowest BCUT2D eigenvalue weighted by Gasteiger charge is -1.97. The molecule has 0 aliphatic carbocycles. The van der Waals surface area contributed by atoms with Crippen LogP contribution in [0, 0.1) is 11.4 Å². The van der Waals surface area contributed by atoms with Crippen LogP contribution in [0.2, 0.25) is 0 Å². The monoisotopic (exact) mass is 153 g/mol. The Hall–Kier alpha value is -0.630. The SMILES string of the molecule is CCc1c[nH]cc(C)c1=S. The van der Waals surface area contributed by atoms with Crippen molar-refractivity contribution in [2.75, 3.05) is 0 Å². The predicted molar refractivity (Wildman–Crippen MR) is 45.7 cm³/mol. The summed E-state index contributed by atoms with van der Waals surface area (Å²) in [6.45, 7) is 4.14. The molecule has 0 aromatic carbocycles. The van der Waals surface area contributed by atoms with Crippen molar-refractivity contribution in [1.29, 1.82) is 0 Å². The molecule has 10 heavy (non-hydrogen) atoms. The zero-order chi connectivity index (χ0) is 7.56. The number of hydrogen-bond donors (Lipinski definition) is 1. The van der Waals surface area contributed by atoms with E-state index in [9.17, 15) is 0 Å². The first-order chi connectivity index (χ1) is 4.75. The maximum Gasteiger partial charge on any atom is 0.0467 e. The van der Waals surface area contributed by atoms with Crippen molar-refractivity contribution in [3.63, 3.8) is 0 Å². The summed E-state index contributed by atoms with van der Waals surface area (Å²) >= 11 is 5.17. The van der Waals surface area contributed by atoms with E-state index in [1.807, 2.05) is 19.3 Å². The van der Waals surface area contributed by atoms with Crippen LogP contribution in [0.5, 0.6) is 0 Å². The summed E-state index contributed by atoms with van der Waals surface area (Å²) < 4.78 is 1.00. The van der Waals surface area contributed by atoms with Gasteiger partial charge in [-0.1, -0.05) is 19.1 Å². The average Bonchev–Trinajstić information content (AvgIpc) is 1.95. The molecule has 0 saturated heterocycles. The lowest BCUT2D eigenvalue weighted by Crippen LogP contribution is -1.86. The number of hydrogen-bond acceptors (Lipinski definition) is 1. The van der Waals surface area contributed by atoms with Gasteiger partial charge in [-0.2, -0.15) is 0 Å². The van der Waals surface area contributed by atoms with Gasteiger partial charge in [0, 0.05) is 16.9 Å². The van der Waals surface area contributed by atoms with Crippen LogP contribution >= 0.6 is 12.2 Å². The van der Waals surface area contributed by atoms with Gasteiger partial charge in [0.15, 0.2) is 0 Å². The van der Waals surface area contributed by atoms with Crippen molar-refractivity contribution in [2.24, 2.45) is 0 Å². The quantitative estimate of drug-likeness (QED) is 0.613. The van der Waals surface area contributed by atoms with E-state index >= 15 is 0 Å². The van der Waals surface area contributed by atoms with Crippen molar-refractivity contribution in [3.05, 3.63) is 28.0 Å². The van der Waals surface area contributed by atoms with E-state index in [2.05, 4.69) is 11.9 Å². The number of nitrogens with one attached hydrogen (secondary N) is 1. The lowest BCUT2D eigenvalue weighted by atomic mass is 10.2. The van der Waals surface area contributed by atoms with Crippen molar-refractivity contribution in [3.8, 4) is 0 Å². The predicted octanol–water partition coefficient (Wildman–Crippen LogP) is 2.62. The van der Waals surface area contributed by atoms with Crippen LogP contribution in [0.4, 0.5) is 0 Å². The first-order valence-corrected chi connectivity index (χ1v) is 3.83. The van der Waals surface area contributed by atoms with Gasteiger partial charge in [-0.15, -0.1) is 0 Å². The fraction of sp³-hybridized carbons (Fsp3) is 0.375. The van der Waals surface area contributed by atoms with Gasteiger partial charge in [0.25, 0.3) is 0 Å². The molecule has 1 N–H and O–H groups in total. The van der Waals surface area contributed by atoms with Gasteiger partial charge in [-0.25, -0.2) is 0 Å². The first kappa shape index (κ1) is 7.48. The van der Waals surface area contributed by atoms with Crippen LogP contribution in [-0.4, -0.2) is 4.98 Å². The Bertz CT molecular complexity index is 275. The summed E-state index contributed by atoms with van der Waals surface area (Å²) in [5.74, 6) is 0. The van der Waals surface area contributed by atoms with Crippen LogP contribution < -0.4 is 0 Å². The van der Waals surface area contributed by atoms with Crippen molar-refractivity contribution in [1.82, 2.24) is 4.98 Å². The molecule has 1 aromatic rings. The molecule has 1 nitrogen and oxygen atoms in total. The Morgan fingerprint density at radius 3 is 2.70 bits per heavy atom. The molecule has 54 valence electrons. The van der Waals surface area contributed by atoms with Gasteiger partial charge in [0.1, 0.15) is 0 Å². The smallest absolute Gasteiger partial charge is 0.0467 e. The van der Waals surface area contributed by atoms with E-state index < -0.39 is 0 Å². The molecule has 0 bridgehead atoms.